The molecule has 7 fully saturated rings. The molecule has 67 heavy (non-hydrogen) atoms. The fourth-order valence-electron chi connectivity index (χ4n) is 15.0. The fourth-order valence-corrected chi connectivity index (χ4v) is 15.0. The summed E-state index contributed by atoms with van der Waals surface area (Å²) in [6, 6.07) is 0. The van der Waals surface area contributed by atoms with E-state index in [1.807, 2.05) is 20.8 Å². The normalized spacial score (nSPS) is 54.1. The van der Waals surface area contributed by atoms with Crippen LogP contribution in [-0.4, -0.2) is 191 Å². The molecular formula is C47H74O20. The third-order valence-electron chi connectivity index (χ3n) is 19.1. The molecule has 3 heterocycles. The van der Waals surface area contributed by atoms with E-state index < -0.39 is 150 Å². The minimum absolute atomic E-state index is 0.0197. The number of ether oxygens (including phenoxy) is 6. The molecule has 12 N–H and O–H groups in total. The molecule has 0 amide bonds. The Morgan fingerprint density at radius 1 is 0.701 bits per heavy atom. The summed E-state index contributed by atoms with van der Waals surface area (Å²) in [7, 11) is 0. The number of allylic oxidation sites excluding steroid dienone is 2. The van der Waals surface area contributed by atoms with Crippen molar-refractivity contribution in [2.45, 2.75) is 198 Å². The van der Waals surface area contributed by atoms with Gasteiger partial charge in [-0.15, -0.1) is 0 Å². The molecule has 20 nitrogen and oxygen atoms in total. The zero-order chi connectivity index (χ0) is 49.1. The molecule has 0 bridgehead atoms. The molecule has 0 aromatic carbocycles. The van der Waals surface area contributed by atoms with E-state index in [0.717, 1.165) is 12.0 Å². The molecule has 3 saturated heterocycles. The number of carboxylic acids is 2. The van der Waals surface area contributed by atoms with Crippen LogP contribution in [0.25, 0.3) is 0 Å². The van der Waals surface area contributed by atoms with Crippen LogP contribution in [0.15, 0.2) is 11.6 Å². The molecule has 20 heteroatoms. The second-order valence-electron chi connectivity index (χ2n) is 23.1. The predicted octanol–water partition coefficient (Wildman–Crippen LogP) is -0.619. The van der Waals surface area contributed by atoms with Gasteiger partial charge < -0.3 is 89.7 Å². The molecule has 382 valence electrons. The highest BCUT2D eigenvalue weighted by Gasteiger charge is 2.71. The second-order valence-corrected chi connectivity index (χ2v) is 23.1. The molecule has 0 unspecified atom stereocenters. The van der Waals surface area contributed by atoms with E-state index in [4.69, 9.17) is 28.4 Å². The van der Waals surface area contributed by atoms with Crippen molar-refractivity contribution < 1.29 is 99.3 Å². The number of hydrogen-bond donors (Lipinski definition) is 12. The van der Waals surface area contributed by atoms with Gasteiger partial charge in [0, 0.05) is 0 Å². The Morgan fingerprint density at radius 3 is 2.03 bits per heavy atom. The van der Waals surface area contributed by atoms with Crippen LogP contribution in [0.4, 0.5) is 0 Å². The maximum Gasteiger partial charge on any atom is 0.335 e. The zero-order valence-electron chi connectivity index (χ0n) is 39.2. The van der Waals surface area contributed by atoms with Gasteiger partial charge in [0.2, 0.25) is 0 Å². The minimum atomic E-state index is -2.00. The van der Waals surface area contributed by atoms with Gasteiger partial charge in [-0.25, -0.2) is 4.79 Å². The first-order valence-corrected chi connectivity index (χ1v) is 24.0. The molecule has 0 radical (unpaired) electrons. The number of aliphatic hydroxyl groups excluding tert-OH is 10. The minimum Gasteiger partial charge on any atom is -0.481 e. The van der Waals surface area contributed by atoms with E-state index in [9.17, 15) is 70.9 Å². The summed E-state index contributed by atoms with van der Waals surface area (Å²) in [4.78, 5) is 25.7. The lowest BCUT2D eigenvalue weighted by molar-refractivity contribution is -0.371. The molecule has 24 atom stereocenters. The lowest BCUT2D eigenvalue weighted by atomic mass is 9.33. The second kappa shape index (κ2) is 18.0. The van der Waals surface area contributed by atoms with E-state index in [2.05, 4.69) is 26.8 Å². The molecule has 4 saturated carbocycles. The van der Waals surface area contributed by atoms with Crippen molar-refractivity contribution in [3.05, 3.63) is 11.6 Å². The van der Waals surface area contributed by atoms with Crippen LogP contribution in [0.1, 0.15) is 99.3 Å². The maximum atomic E-state index is 13.5. The highest BCUT2D eigenvalue weighted by Crippen LogP contribution is 2.76. The lowest BCUT2D eigenvalue weighted by Gasteiger charge is -2.71. The van der Waals surface area contributed by atoms with Gasteiger partial charge in [-0.05, 0) is 103 Å². The fraction of sp³-hybridized carbons (Fsp3) is 0.915. The highest BCUT2D eigenvalue weighted by molar-refractivity contribution is 5.76. The van der Waals surface area contributed by atoms with Crippen LogP contribution < -0.4 is 0 Å². The van der Waals surface area contributed by atoms with E-state index in [1.54, 1.807) is 0 Å². The third kappa shape index (κ3) is 8.04. The van der Waals surface area contributed by atoms with Crippen molar-refractivity contribution in [1.82, 2.24) is 0 Å². The molecule has 8 aliphatic rings. The number of aliphatic carboxylic acids is 2. The van der Waals surface area contributed by atoms with Crippen molar-refractivity contribution >= 4 is 11.9 Å². The van der Waals surface area contributed by atoms with E-state index in [0.29, 0.717) is 44.9 Å². The van der Waals surface area contributed by atoms with Crippen LogP contribution >= 0.6 is 0 Å². The predicted molar refractivity (Wildman–Crippen MR) is 228 cm³/mol. The molecule has 8 rings (SSSR count). The van der Waals surface area contributed by atoms with Gasteiger partial charge in [-0.2, -0.15) is 0 Å². The average Bonchev–Trinajstić information content (AvgIpc) is 3.26. The van der Waals surface area contributed by atoms with E-state index in [1.165, 1.54) is 0 Å². The van der Waals surface area contributed by atoms with E-state index >= 15 is 0 Å². The SMILES string of the molecule is CC1(C)[C@@H](O[C@@H]2O[C@H](C(=O)O)[C@@H](O)[C@H](O)[C@H]2O[C@@H]2OC[C@H](O)[C@H](O)[C@H]2O)[C@@H](O)C[C@]2(C)[C@H]3CC=C4[C@@H]5C[C@@](C)(CO[C@@H]6O[C@H](CO)[C@@H](O)[C@H](O)[C@H]6O)CC[C@]5(C(=O)O)CC[C@@]4(C)[C@]3(C)CC[C@@H]12. The van der Waals surface area contributed by atoms with Gasteiger partial charge in [0.15, 0.2) is 25.0 Å². The molecule has 0 spiro atoms. The van der Waals surface area contributed by atoms with Gasteiger partial charge in [0.05, 0.1) is 37.4 Å². The van der Waals surface area contributed by atoms with Crippen molar-refractivity contribution in [3.8, 4) is 0 Å². The summed E-state index contributed by atoms with van der Waals surface area (Å²) in [5, 5.41) is 127. The zero-order valence-corrected chi connectivity index (χ0v) is 39.2. The summed E-state index contributed by atoms with van der Waals surface area (Å²) in [5.41, 5.74) is -2.58. The van der Waals surface area contributed by atoms with Gasteiger partial charge in [-0.3, -0.25) is 4.79 Å². The van der Waals surface area contributed by atoms with Crippen molar-refractivity contribution in [3.63, 3.8) is 0 Å². The summed E-state index contributed by atoms with van der Waals surface area (Å²) >= 11 is 0. The first-order valence-electron chi connectivity index (χ1n) is 24.0. The number of fused-ring (bicyclic) bond motifs is 7. The number of hydrogen-bond acceptors (Lipinski definition) is 18. The highest BCUT2D eigenvalue weighted by atomic mass is 16.8. The number of rotatable bonds is 10. The summed E-state index contributed by atoms with van der Waals surface area (Å²) in [5.74, 6) is -2.84. The molecule has 0 aromatic rings. The Balaban J connectivity index is 1.05. The standard InChI is InChI=1S/C47H74O20/c1-42(2)25-9-10-46(6)26(44(25,4)16-22(49)36(42)67-40-35(31(55)30(54)34(65-40)37(58)59)66-38-32(56)27(51)23(50)18-62-38)8-7-20-21-15-43(3,11-13-47(21,41(60)61)14-12-45(20,46)5)19-63-39-33(57)29(53)28(52)24(17-48)64-39/h7,21-36,38-40,48-57H,8-19H2,1-6H3,(H,58,59)(H,60,61)/t21-,22-,23-,24+,25-,26+,27-,28+,29-,30-,31-,32+,33+,34-,35+,36-,38-,39+,40-,43-,44-,45+,46+,47-/m0/s1. The first kappa shape index (κ1) is 51.4. The smallest absolute Gasteiger partial charge is 0.335 e. The van der Waals surface area contributed by atoms with Crippen LogP contribution in [0.5, 0.6) is 0 Å². The topological polar surface area (TPSA) is 332 Å². The van der Waals surface area contributed by atoms with Crippen LogP contribution in [0.2, 0.25) is 0 Å². The van der Waals surface area contributed by atoms with Crippen LogP contribution in [0.3, 0.4) is 0 Å². The van der Waals surface area contributed by atoms with Gasteiger partial charge in [0.25, 0.3) is 0 Å². The largest absolute Gasteiger partial charge is 0.481 e. The first-order chi connectivity index (χ1) is 31.2. The number of carbonyl (C=O) groups is 2. The van der Waals surface area contributed by atoms with Gasteiger partial charge >= 0.3 is 11.9 Å². The van der Waals surface area contributed by atoms with Gasteiger partial charge in [0.1, 0.15) is 61.0 Å². The molecule has 5 aliphatic carbocycles. The Kier molecular flexibility index (Phi) is 13.8. The Labute approximate surface area is 389 Å². The van der Waals surface area contributed by atoms with Crippen LogP contribution in [0, 0.1) is 50.2 Å². The van der Waals surface area contributed by atoms with Crippen molar-refractivity contribution in [1.29, 1.82) is 0 Å². The van der Waals surface area contributed by atoms with Crippen molar-refractivity contribution in [2.75, 3.05) is 19.8 Å². The molecule has 3 aliphatic heterocycles. The molecule has 0 aromatic heterocycles. The summed E-state index contributed by atoms with van der Waals surface area (Å²) < 4.78 is 35.3. The van der Waals surface area contributed by atoms with Crippen molar-refractivity contribution in [2.24, 2.45) is 50.2 Å². The number of aliphatic hydroxyl groups is 10. The maximum absolute atomic E-state index is 13.5. The summed E-state index contributed by atoms with van der Waals surface area (Å²) in [6.45, 7) is 11.8. The van der Waals surface area contributed by atoms with Gasteiger partial charge in [-0.1, -0.05) is 53.2 Å². The average molecular weight is 959 g/mol. The Morgan fingerprint density at radius 2 is 1.37 bits per heavy atom. The van der Waals surface area contributed by atoms with Crippen LogP contribution in [-0.2, 0) is 38.0 Å². The third-order valence-corrected chi connectivity index (χ3v) is 19.1. The lowest BCUT2D eigenvalue weighted by Crippen LogP contribution is -2.69. The molecular weight excluding hydrogens is 884 g/mol. The summed E-state index contributed by atoms with van der Waals surface area (Å²) in [6.07, 6.45) is -18.1. The monoisotopic (exact) mass is 958 g/mol. The Bertz CT molecular complexity index is 1880. The number of carboxylic acid groups (broad SMARTS) is 2. The quantitative estimate of drug-likeness (QED) is 0.0959. The Hall–Kier alpha value is -1.96. The van der Waals surface area contributed by atoms with E-state index in [-0.39, 0.29) is 36.2 Å².